The van der Waals surface area contributed by atoms with Gasteiger partial charge in [0.15, 0.2) is 10.00 Å². The van der Waals surface area contributed by atoms with E-state index in [1.807, 2.05) is 0 Å². The molecular formula is C7H3Cl3N2O2. The Labute approximate surface area is 95.5 Å². The van der Waals surface area contributed by atoms with Gasteiger partial charge < -0.3 is 17.5 Å². The Kier molecular flexibility index (Phi) is 4.64. The molecule has 0 fully saturated rings. The van der Waals surface area contributed by atoms with E-state index < -0.39 is 5.97 Å². The fraction of sp³-hybridized carbons (Fsp3) is 0. The van der Waals surface area contributed by atoms with Crippen LogP contribution in [0, 0.1) is 5.39 Å². The molecule has 4 nitrogen and oxygen atoms in total. The zero-order chi connectivity index (χ0) is 10.0. The quantitative estimate of drug-likeness (QED) is 0.726. The highest BCUT2D eigenvalue weighted by Crippen LogP contribution is 2.35. The lowest BCUT2D eigenvalue weighted by molar-refractivity contribution is -0.0000183. The Balaban J connectivity index is 0.00000169. The molecule has 0 saturated heterocycles. The SMILES string of the molecule is N#[N+]c1c(Cl)ccc(C(=O)O)c1Cl.[Cl-]. The number of carboxylic acid groups (broad SMARTS) is 1. The van der Waals surface area contributed by atoms with E-state index in [-0.39, 0.29) is 33.7 Å². The number of aromatic carboxylic acids is 1. The maximum absolute atomic E-state index is 10.6. The monoisotopic (exact) mass is 252 g/mol. The standard InChI is InChI=1S/C7H2Cl2N2O2.ClH/c8-4-2-1-3(7(12)13)5(9)6(4)11-10;/h1-2H;1H. The normalized spacial score (nSPS) is 8.64. The number of nitrogens with zero attached hydrogens (tertiary/aromatic N) is 2. The minimum atomic E-state index is -1.20. The Morgan fingerprint density at radius 2 is 2.00 bits per heavy atom. The Hall–Kier alpha value is -1.02. The molecule has 1 aromatic carbocycles. The molecule has 0 aliphatic heterocycles. The second-order valence-corrected chi connectivity index (χ2v) is 2.95. The molecule has 74 valence electrons. The van der Waals surface area contributed by atoms with Gasteiger partial charge in [-0.05, 0) is 12.1 Å². The van der Waals surface area contributed by atoms with Gasteiger partial charge in [-0.2, -0.15) is 0 Å². The molecule has 0 aliphatic rings. The number of diazo groups is 1. The molecule has 0 radical (unpaired) electrons. The van der Waals surface area contributed by atoms with E-state index in [2.05, 4.69) is 4.98 Å². The van der Waals surface area contributed by atoms with Crippen molar-refractivity contribution in [3.05, 3.63) is 32.7 Å². The van der Waals surface area contributed by atoms with Crippen molar-refractivity contribution in [3.8, 4) is 0 Å². The smallest absolute Gasteiger partial charge is 0.422 e. The van der Waals surface area contributed by atoms with Crippen LogP contribution in [0.25, 0.3) is 4.98 Å². The van der Waals surface area contributed by atoms with E-state index in [1.165, 1.54) is 12.1 Å². The predicted molar refractivity (Wildman–Crippen MR) is 48.2 cm³/mol. The second kappa shape index (κ2) is 5.01. The number of carboxylic acids is 1. The number of hydrogen-bond donors (Lipinski definition) is 1. The average molecular weight is 253 g/mol. The van der Waals surface area contributed by atoms with E-state index in [4.69, 9.17) is 33.7 Å². The first kappa shape index (κ1) is 13.0. The van der Waals surface area contributed by atoms with Crippen LogP contribution in [0.15, 0.2) is 12.1 Å². The first-order chi connectivity index (χ1) is 6.07. The van der Waals surface area contributed by atoms with E-state index in [0.717, 1.165) is 0 Å². The lowest BCUT2D eigenvalue weighted by Gasteiger charge is -1.94. The number of halogens is 3. The summed E-state index contributed by atoms with van der Waals surface area (Å²) in [4.78, 5) is 13.3. The Bertz CT molecular complexity index is 414. The number of hydrogen-bond acceptors (Lipinski definition) is 2. The van der Waals surface area contributed by atoms with Gasteiger partial charge in [0.25, 0.3) is 0 Å². The van der Waals surface area contributed by atoms with Gasteiger partial charge in [-0.15, -0.1) is 0 Å². The molecule has 0 aliphatic carbocycles. The summed E-state index contributed by atoms with van der Waals surface area (Å²) < 4.78 is 0. The van der Waals surface area contributed by atoms with Crippen molar-refractivity contribution in [1.82, 2.24) is 0 Å². The summed E-state index contributed by atoms with van der Waals surface area (Å²) in [6.45, 7) is 0. The number of carbonyl (C=O) groups is 1. The molecule has 1 N–H and O–H groups in total. The maximum Gasteiger partial charge on any atom is 0.422 e. The van der Waals surface area contributed by atoms with Gasteiger partial charge in [0.2, 0.25) is 5.39 Å². The van der Waals surface area contributed by atoms with Crippen LogP contribution in [0.4, 0.5) is 5.69 Å². The van der Waals surface area contributed by atoms with Crippen molar-refractivity contribution in [2.45, 2.75) is 0 Å². The lowest BCUT2D eigenvalue weighted by Crippen LogP contribution is -3.00. The fourth-order valence-electron chi connectivity index (χ4n) is 0.798. The molecule has 1 rings (SSSR count). The van der Waals surface area contributed by atoms with Gasteiger partial charge >= 0.3 is 11.7 Å². The largest absolute Gasteiger partial charge is 1.00 e. The van der Waals surface area contributed by atoms with Crippen molar-refractivity contribution in [1.29, 1.82) is 5.39 Å². The molecule has 0 bridgehead atoms. The molecule has 0 unspecified atom stereocenters. The van der Waals surface area contributed by atoms with Gasteiger partial charge in [0.05, 0.1) is 5.56 Å². The van der Waals surface area contributed by atoms with Crippen molar-refractivity contribution in [3.63, 3.8) is 0 Å². The van der Waals surface area contributed by atoms with Crippen LogP contribution < -0.4 is 12.4 Å². The summed E-state index contributed by atoms with van der Waals surface area (Å²) >= 11 is 11.2. The highest BCUT2D eigenvalue weighted by atomic mass is 35.5. The minimum Gasteiger partial charge on any atom is -1.00 e. The maximum atomic E-state index is 10.6. The summed E-state index contributed by atoms with van der Waals surface area (Å²) in [6, 6.07) is 2.54. The summed E-state index contributed by atoms with van der Waals surface area (Å²) in [6.07, 6.45) is 0. The summed E-state index contributed by atoms with van der Waals surface area (Å²) in [5.74, 6) is -1.20. The fourth-order valence-corrected chi connectivity index (χ4v) is 1.32. The third kappa shape index (κ3) is 2.26. The van der Waals surface area contributed by atoms with Crippen molar-refractivity contribution >= 4 is 34.9 Å². The Morgan fingerprint density at radius 3 is 2.43 bits per heavy atom. The third-order valence-corrected chi connectivity index (χ3v) is 2.08. The molecule has 0 spiro atoms. The summed E-state index contributed by atoms with van der Waals surface area (Å²) in [7, 11) is 0. The topological polar surface area (TPSA) is 65.5 Å². The molecule has 7 heteroatoms. The Morgan fingerprint density at radius 1 is 1.43 bits per heavy atom. The third-order valence-electron chi connectivity index (χ3n) is 1.40. The van der Waals surface area contributed by atoms with Crippen LogP contribution >= 0.6 is 23.2 Å². The highest BCUT2D eigenvalue weighted by Gasteiger charge is 2.24. The molecule has 0 heterocycles. The van der Waals surface area contributed by atoms with E-state index in [0.29, 0.717) is 0 Å². The molecule has 0 amide bonds. The van der Waals surface area contributed by atoms with E-state index >= 15 is 0 Å². The van der Waals surface area contributed by atoms with Crippen molar-refractivity contribution < 1.29 is 22.3 Å². The molecule has 0 saturated carbocycles. The van der Waals surface area contributed by atoms with Crippen LogP contribution in [0.3, 0.4) is 0 Å². The molecule has 14 heavy (non-hydrogen) atoms. The van der Waals surface area contributed by atoms with Crippen molar-refractivity contribution in [2.24, 2.45) is 0 Å². The summed E-state index contributed by atoms with van der Waals surface area (Å²) in [5.41, 5.74) is -0.290. The number of rotatable bonds is 1. The minimum absolute atomic E-state index is 0. The highest BCUT2D eigenvalue weighted by molar-refractivity contribution is 6.41. The molecule has 0 aromatic heterocycles. The van der Waals surface area contributed by atoms with Crippen LogP contribution in [0.1, 0.15) is 10.4 Å². The molecule has 1 aromatic rings. The van der Waals surface area contributed by atoms with Crippen molar-refractivity contribution in [2.75, 3.05) is 0 Å². The van der Waals surface area contributed by atoms with Gasteiger partial charge in [0, 0.05) is 0 Å². The van der Waals surface area contributed by atoms with Crippen LogP contribution in [-0.2, 0) is 0 Å². The zero-order valence-electron chi connectivity index (χ0n) is 6.54. The van der Waals surface area contributed by atoms with Gasteiger partial charge in [-0.1, -0.05) is 23.2 Å². The van der Waals surface area contributed by atoms with Crippen LogP contribution in [-0.4, -0.2) is 11.1 Å². The lowest BCUT2D eigenvalue weighted by atomic mass is 10.2. The van der Waals surface area contributed by atoms with Gasteiger partial charge in [-0.25, -0.2) is 4.79 Å². The van der Waals surface area contributed by atoms with E-state index in [1.54, 1.807) is 0 Å². The molecular weight excluding hydrogens is 250 g/mol. The van der Waals surface area contributed by atoms with Crippen LogP contribution in [0.2, 0.25) is 10.0 Å². The predicted octanol–water partition coefficient (Wildman–Crippen LogP) is 0.180. The zero-order valence-corrected chi connectivity index (χ0v) is 8.81. The van der Waals surface area contributed by atoms with Gasteiger partial charge in [-0.3, -0.25) is 0 Å². The summed E-state index contributed by atoms with van der Waals surface area (Å²) in [5, 5.41) is 17.0. The second-order valence-electron chi connectivity index (χ2n) is 2.16. The van der Waals surface area contributed by atoms with Crippen LogP contribution in [0.5, 0.6) is 0 Å². The number of benzene rings is 1. The van der Waals surface area contributed by atoms with E-state index in [9.17, 15) is 4.79 Å². The van der Waals surface area contributed by atoms with Gasteiger partial charge in [0.1, 0.15) is 5.02 Å². The first-order valence-corrected chi connectivity index (χ1v) is 3.90. The molecule has 0 atom stereocenters. The average Bonchev–Trinajstić information content (AvgIpc) is 2.04. The first-order valence-electron chi connectivity index (χ1n) is 3.14.